The molecule has 4 rings (SSSR count). The number of aromatic amines is 1. The van der Waals surface area contributed by atoms with E-state index in [0.29, 0.717) is 16.6 Å². The lowest BCUT2D eigenvalue weighted by Gasteiger charge is -2.09. The van der Waals surface area contributed by atoms with Gasteiger partial charge < -0.3 is 19.0 Å². The zero-order chi connectivity index (χ0) is 23.5. The molecule has 33 heavy (non-hydrogen) atoms. The number of hydrogen-bond donors (Lipinski definition) is 2. The highest BCUT2D eigenvalue weighted by molar-refractivity contribution is 5.88. The molecule has 166 valence electrons. The number of nitrogens with zero attached hydrogens (tertiary/aromatic N) is 1. The quantitative estimate of drug-likeness (QED) is 0.343. The standard InChI is InChI=1S/C24H18N2O7/c1-14-18(22(27)26(25-14)17-6-3-5-16(13-17)23(28)29)11-15-8-9-19(21(12-15)31-2)33-24(30)20-7-4-10-32-20/h3-13,25H,1H2,2H3,(H,28,29). The monoisotopic (exact) mass is 446 g/mol. The Bertz CT molecular complexity index is 1510. The predicted molar refractivity (Wildman–Crippen MR) is 118 cm³/mol. The molecule has 0 unspecified atom stereocenters. The summed E-state index contributed by atoms with van der Waals surface area (Å²) in [4.78, 5) is 36.4. The maximum atomic E-state index is 13.0. The van der Waals surface area contributed by atoms with E-state index in [0.717, 1.165) is 0 Å². The van der Waals surface area contributed by atoms with Crippen LogP contribution in [0.3, 0.4) is 0 Å². The van der Waals surface area contributed by atoms with E-state index in [1.54, 1.807) is 36.4 Å². The minimum atomic E-state index is -1.10. The van der Waals surface area contributed by atoms with E-state index < -0.39 is 17.5 Å². The molecule has 0 aliphatic rings. The Morgan fingerprint density at radius 3 is 2.64 bits per heavy atom. The Hall–Kier alpha value is -4.79. The fraction of sp³-hybridized carbons (Fsp3) is 0.0417. The normalized spacial score (nSPS) is 11.4. The Kier molecular flexibility index (Phi) is 5.69. The molecule has 0 atom stereocenters. The van der Waals surface area contributed by atoms with Crippen molar-refractivity contribution in [2.24, 2.45) is 0 Å². The molecule has 2 N–H and O–H groups in total. The fourth-order valence-electron chi connectivity index (χ4n) is 3.17. The Morgan fingerprint density at radius 1 is 1.12 bits per heavy atom. The van der Waals surface area contributed by atoms with E-state index in [9.17, 15) is 19.5 Å². The zero-order valence-electron chi connectivity index (χ0n) is 17.4. The number of carbonyl (C=O) groups is 2. The van der Waals surface area contributed by atoms with Gasteiger partial charge in [0, 0.05) is 0 Å². The van der Waals surface area contributed by atoms with Gasteiger partial charge in [0.05, 0.1) is 35.2 Å². The maximum absolute atomic E-state index is 13.0. The number of esters is 1. The van der Waals surface area contributed by atoms with Crippen LogP contribution in [-0.4, -0.2) is 33.9 Å². The molecule has 0 radical (unpaired) electrons. The topological polar surface area (TPSA) is 124 Å². The Morgan fingerprint density at radius 2 is 1.94 bits per heavy atom. The van der Waals surface area contributed by atoms with Crippen molar-refractivity contribution in [2.75, 3.05) is 7.11 Å². The van der Waals surface area contributed by atoms with E-state index in [-0.39, 0.29) is 28.0 Å². The van der Waals surface area contributed by atoms with Crippen molar-refractivity contribution in [3.63, 3.8) is 0 Å². The molecule has 2 heterocycles. The van der Waals surface area contributed by atoms with Crippen LogP contribution in [0.25, 0.3) is 18.3 Å². The van der Waals surface area contributed by atoms with Crippen LogP contribution in [0.1, 0.15) is 26.5 Å². The lowest BCUT2D eigenvalue weighted by atomic mass is 10.1. The van der Waals surface area contributed by atoms with Gasteiger partial charge in [-0.3, -0.25) is 9.89 Å². The highest BCUT2D eigenvalue weighted by atomic mass is 16.6. The summed E-state index contributed by atoms with van der Waals surface area (Å²) in [5.41, 5.74) is 0.601. The number of methoxy groups -OCH3 is 1. The van der Waals surface area contributed by atoms with Gasteiger partial charge in [-0.25, -0.2) is 14.3 Å². The SMILES string of the molecule is C=c1[nH]n(-c2cccc(C(=O)O)c2)c(=O)c1=Cc1ccc(OC(=O)c2ccco2)c(OC)c1. The van der Waals surface area contributed by atoms with Crippen LogP contribution < -0.4 is 25.6 Å². The molecule has 2 aromatic carbocycles. The molecule has 0 bridgehead atoms. The number of carbonyl (C=O) groups excluding carboxylic acids is 1. The number of carboxylic acids is 1. The summed E-state index contributed by atoms with van der Waals surface area (Å²) in [6.45, 7) is 3.87. The number of benzene rings is 2. The highest BCUT2D eigenvalue weighted by Gasteiger charge is 2.15. The molecule has 0 spiro atoms. The predicted octanol–water partition coefficient (Wildman–Crippen LogP) is 1.92. The van der Waals surface area contributed by atoms with Crippen molar-refractivity contribution in [1.82, 2.24) is 9.78 Å². The summed E-state index contributed by atoms with van der Waals surface area (Å²) >= 11 is 0. The number of furan rings is 1. The van der Waals surface area contributed by atoms with Crippen LogP contribution in [0.15, 0.2) is 70.1 Å². The molecular weight excluding hydrogens is 428 g/mol. The van der Waals surface area contributed by atoms with Gasteiger partial charge in [-0.15, -0.1) is 0 Å². The summed E-state index contributed by atoms with van der Waals surface area (Å²) in [6.07, 6.45) is 2.96. The van der Waals surface area contributed by atoms with Crippen molar-refractivity contribution in [1.29, 1.82) is 0 Å². The summed E-state index contributed by atoms with van der Waals surface area (Å²) in [5.74, 6) is -1.26. The lowest BCUT2D eigenvalue weighted by Crippen LogP contribution is -2.34. The maximum Gasteiger partial charge on any atom is 0.379 e. The van der Waals surface area contributed by atoms with E-state index in [1.165, 1.54) is 42.3 Å². The summed E-state index contributed by atoms with van der Waals surface area (Å²) in [5, 5.41) is 12.7. The van der Waals surface area contributed by atoms with Crippen molar-refractivity contribution < 1.29 is 28.6 Å². The molecule has 9 heteroatoms. The minimum absolute atomic E-state index is 0.0502. The smallest absolute Gasteiger partial charge is 0.379 e. The lowest BCUT2D eigenvalue weighted by molar-refractivity contribution is 0.0687. The van der Waals surface area contributed by atoms with Crippen LogP contribution in [-0.2, 0) is 0 Å². The molecule has 0 aliphatic heterocycles. The number of rotatable bonds is 6. The molecule has 0 amide bonds. The first-order valence-electron chi connectivity index (χ1n) is 9.66. The van der Waals surface area contributed by atoms with E-state index >= 15 is 0 Å². The van der Waals surface area contributed by atoms with Crippen LogP contribution in [0, 0.1) is 0 Å². The second-order valence-electron chi connectivity index (χ2n) is 6.92. The average Bonchev–Trinajstić information content (AvgIpc) is 3.44. The molecule has 2 aromatic heterocycles. The van der Waals surface area contributed by atoms with Gasteiger partial charge in [-0.2, -0.15) is 0 Å². The second kappa shape index (κ2) is 8.75. The van der Waals surface area contributed by atoms with Gasteiger partial charge in [0.2, 0.25) is 5.76 Å². The van der Waals surface area contributed by atoms with E-state index in [4.69, 9.17) is 13.9 Å². The van der Waals surface area contributed by atoms with Gasteiger partial charge in [0.1, 0.15) is 0 Å². The third-order valence-electron chi connectivity index (χ3n) is 4.78. The number of ether oxygens (including phenoxy) is 2. The summed E-state index contributed by atoms with van der Waals surface area (Å²) < 4.78 is 16.9. The number of hydrogen-bond acceptors (Lipinski definition) is 6. The third-order valence-corrected chi connectivity index (χ3v) is 4.78. The fourth-order valence-corrected chi connectivity index (χ4v) is 3.17. The van der Waals surface area contributed by atoms with Gasteiger partial charge >= 0.3 is 11.9 Å². The number of nitrogens with one attached hydrogen (secondary N) is 1. The summed E-state index contributed by atoms with van der Waals surface area (Å²) in [6, 6.07) is 13.8. The van der Waals surface area contributed by atoms with Crippen LogP contribution in [0.5, 0.6) is 11.5 Å². The van der Waals surface area contributed by atoms with Crippen molar-refractivity contribution in [3.8, 4) is 17.2 Å². The van der Waals surface area contributed by atoms with Crippen molar-refractivity contribution in [2.45, 2.75) is 0 Å². The molecule has 4 aromatic rings. The van der Waals surface area contributed by atoms with E-state index in [2.05, 4.69) is 11.7 Å². The van der Waals surface area contributed by atoms with Gasteiger partial charge in [0.15, 0.2) is 11.5 Å². The Balaban J connectivity index is 1.70. The van der Waals surface area contributed by atoms with Gasteiger partial charge in [-0.1, -0.05) is 18.7 Å². The summed E-state index contributed by atoms with van der Waals surface area (Å²) in [7, 11) is 1.43. The molecule has 0 aliphatic carbocycles. The Labute approximate surface area is 186 Å². The molecule has 0 saturated carbocycles. The average molecular weight is 446 g/mol. The van der Waals surface area contributed by atoms with Crippen LogP contribution >= 0.6 is 0 Å². The van der Waals surface area contributed by atoms with Gasteiger partial charge in [-0.05, 0) is 54.1 Å². The molecule has 0 saturated heterocycles. The molecule has 0 fully saturated rings. The number of aromatic nitrogens is 2. The molecular formula is C24H18N2O7. The highest BCUT2D eigenvalue weighted by Crippen LogP contribution is 2.29. The minimum Gasteiger partial charge on any atom is -0.493 e. The number of aromatic carboxylic acids is 1. The number of H-pyrrole nitrogens is 1. The third kappa shape index (κ3) is 4.33. The first-order chi connectivity index (χ1) is 15.9. The van der Waals surface area contributed by atoms with Crippen molar-refractivity contribution in [3.05, 3.63) is 98.7 Å². The first-order valence-corrected chi connectivity index (χ1v) is 9.66. The largest absolute Gasteiger partial charge is 0.493 e. The van der Waals surface area contributed by atoms with Crippen molar-refractivity contribution >= 4 is 24.6 Å². The van der Waals surface area contributed by atoms with Crippen LogP contribution in [0.4, 0.5) is 0 Å². The van der Waals surface area contributed by atoms with Gasteiger partial charge in [0.25, 0.3) is 5.56 Å². The molecule has 9 nitrogen and oxygen atoms in total. The second-order valence-corrected chi connectivity index (χ2v) is 6.92. The first kappa shape index (κ1) is 21.4. The zero-order valence-corrected chi connectivity index (χ0v) is 17.4. The number of carboxylic acid groups (broad SMARTS) is 1. The van der Waals surface area contributed by atoms with Crippen LogP contribution in [0.2, 0.25) is 0 Å². The van der Waals surface area contributed by atoms with E-state index in [1.807, 2.05) is 0 Å².